The molecule has 0 aliphatic heterocycles. The third kappa shape index (κ3) is 3.95. The van der Waals surface area contributed by atoms with Crippen LogP contribution < -0.4 is 0 Å². The van der Waals surface area contributed by atoms with E-state index in [2.05, 4.69) is 18.2 Å². The van der Waals surface area contributed by atoms with Gasteiger partial charge in [0.1, 0.15) is 5.60 Å². The van der Waals surface area contributed by atoms with Gasteiger partial charge in [0.2, 0.25) is 0 Å². The molecule has 0 aliphatic rings. The monoisotopic (exact) mass is 254 g/mol. The van der Waals surface area contributed by atoms with Crippen LogP contribution in [0.2, 0.25) is 0 Å². The normalized spacial score (nSPS) is 11.9. The van der Waals surface area contributed by atoms with Crippen molar-refractivity contribution in [3.05, 3.63) is 54.1 Å². The summed E-state index contributed by atoms with van der Waals surface area (Å²) in [6.07, 6.45) is 3.25. The Morgan fingerprint density at radius 2 is 1.74 bits per heavy atom. The fourth-order valence-electron chi connectivity index (χ4n) is 1.81. The van der Waals surface area contributed by atoms with Crippen LogP contribution in [0.3, 0.4) is 0 Å². The van der Waals surface area contributed by atoms with Crippen LogP contribution in [-0.4, -0.2) is 11.6 Å². The highest BCUT2D eigenvalue weighted by atomic mass is 16.6. The Labute approximate surface area is 113 Å². The molecule has 0 heterocycles. The fourth-order valence-corrected chi connectivity index (χ4v) is 1.81. The van der Waals surface area contributed by atoms with E-state index in [4.69, 9.17) is 4.74 Å². The van der Waals surface area contributed by atoms with Crippen LogP contribution in [0, 0.1) is 0 Å². The van der Waals surface area contributed by atoms with Crippen molar-refractivity contribution in [2.45, 2.75) is 26.4 Å². The standard InChI is InChI=1S/C17H18O2/c1-17(2,3)19-16(18)11-9-13-8-10-14-6-4-5-7-15(14)12-13/h4-12H,1-3H3/b11-9+. The first-order chi connectivity index (χ1) is 8.94. The molecule has 0 radical (unpaired) electrons. The molecule has 0 amide bonds. The molecule has 2 aromatic carbocycles. The van der Waals surface area contributed by atoms with E-state index in [-0.39, 0.29) is 5.97 Å². The van der Waals surface area contributed by atoms with E-state index in [1.807, 2.05) is 45.0 Å². The highest BCUT2D eigenvalue weighted by molar-refractivity contribution is 5.89. The number of hydrogen-bond donors (Lipinski definition) is 0. The van der Waals surface area contributed by atoms with Gasteiger partial charge in [-0.15, -0.1) is 0 Å². The van der Waals surface area contributed by atoms with E-state index >= 15 is 0 Å². The van der Waals surface area contributed by atoms with Crippen molar-refractivity contribution in [1.82, 2.24) is 0 Å². The smallest absolute Gasteiger partial charge is 0.331 e. The summed E-state index contributed by atoms with van der Waals surface area (Å²) in [5, 5.41) is 2.35. The molecule has 0 aliphatic carbocycles. The average molecular weight is 254 g/mol. The van der Waals surface area contributed by atoms with Crippen molar-refractivity contribution in [2.75, 3.05) is 0 Å². The highest BCUT2D eigenvalue weighted by Gasteiger charge is 2.13. The maximum atomic E-state index is 11.6. The number of rotatable bonds is 2. The number of hydrogen-bond acceptors (Lipinski definition) is 2. The van der Waals surface area contributed by atoms with Gasteiger partial charge in [-0.3, -0.25) is 0 Å². The molecule has 0 spiro atoms. The second kappa shape index (κ2) is 5.27. The molecule has 0 unspecified atom stereocenters. The predicted molar refractivity (Wildman–Crippen MR) is 78.8 cm³/mol. The molecule has 0 atom stereocenters. The van der Waals surface area contributed by atoms with Gasteiger partial charge in [0, 0.05) is 6.08 Å². The summed E-state index contributed by atoms with van der Waals surface area (Å²) < 4.78 is 5.22. The number of carbonyl (C=O) groups is 1. The Hall–Kier alpha value is -2.09. The molecule has 19 heavy (non-hydrogen) atoms. The van der Waals surface area contributed by atoms with Crippen LogP contribution in [0.1, 0.15) is 26.3 Å². The van der Waals surface area contributed by atoms with Crippen LogP contribution in [0.15, 0.2) is 48.5 Å². The Morgan fingerprint density at radius 3 is 2.42 bits per heavy atom. The molecule has 2 aromatic rings. The first-order valence-electron chi connectivity index (χ1n) is 6.34. The van der Waals surface area contributed by atoms with E-state index in [1.165, 1.54) is 11.5 Å². The van der Waals surface area contributed by atoms with Crippen molar-refractivity contribution >= 4 is 22.8 Å². The zero-order valence-corrected chi connectivity index (χ0v) is 11.5. The van der Waals surface area contributed by atoms with Crippen LogP contribution in [0.5, 0.6) is 0 Å². The summed E-state index contributed by atoms with van der Waals surface area (Å²) in [5.41, 5.74) is 0.537. The molecular formula is C17H18O2. The molecular weight excluding hydrogens is 236 g/mol. The molecule has 2 heteroatoms. The van der Waals surface area contributed by atoms with E-state index in [1.54, 1.807) is 6.08 Å². The molecule has 2 nitrogen and oxygen atoms in total. The number of fused-ring (bicyclic) bond motifs is 1. The first-order valence-corrected chi connectivity index (χ1v) is 6.34. The second-order valence-electron chi connectivity index (χ2n) is 5.47. The highest BCUT2D eigenvalue weighted by Crippen LogP contribution is 2.16. The van der Waals surface area contributed by atoms with Crippen molar-refractivity contribution < 1.29 is 9.53 Å². The minimum Gasteiger partial charge on any atom is -0.457 e. The van der Waals surface area contributed by atoms with Gasteiger partial charge in [-0.05, 0) is 49.2 Å². The molecule has 98 valence electrons. The van der Waals surface area contributed by atoms with Crippen LogP contribution in [-0.2, 0) is 9.53 Å². The van der Waals surface area contributed by atoms with Gasteiger partial charge in [0.25, 0.3) is 0 Å². The van der Waals surface area contributed by atoms with E-state index in [0.29, 0.717) is 0 Å². The van der Waals surface area contributed by atoms with Crippen LogP contribution >= 0.6 is 0 Å². The molecule has 2 rings (SSSR count). The number of esters is 1. The minimum atomic E-state index is -0.454. The largest absolute Gasteiger partial charge is 0.457 e. The van der Waals surface area contributed by atoms with E-state index < -0.39 is 5.60 Å². The third-order valence-corrected chi connectivity index (χ3v) is 2.59. The summed E-state index contributed by atoms with van der Waals surface area (Å²) in [4.78, 5) is 11.6. The maximum absolute atomic E-state index is 11.6. The third-order valence-electron chi connectivity index (χ3n) is 2.59. The molecule has 0 aromatic heterocycles. The number of carbonyl (C=O) groups excluding carboxylic acids is 1. The van der Waals surface area contributed by atoms with Crippen LogP contribution in [0.25, 0.3) is 16.8 Å². The fraction of sp³-hybridized carbons (Fsp3) is 0.235. The Morgan fingerprint density at radius 1 is 1.05 bits per heavy atom. The van der Waals surface area contributed by atoms with E-state index in [9.17, 15) is 4.79 Å². The van der Waals surface area contributed by atoms with Gasteiger partial charge < -0.3 is 4.74 Å². The summed E-state index contributed by atoms with van der Waals surface area (Å²) in [6, 6.07) is 14.2. The molecule has 0 bridgehead atoms. The van der Waals surface area contributed by atoms with Crippen molar-refractivity contribution in [1.29, 1.82) is 0 Å². The summed E-state index contributed by atoms with van der Waals surface area (Å²) in [5.74, 6) is -0.319. The zero-order valence-electron chi connectivity index (χ0n) is 11.5. The van der Waals surface area contributed by atoms with Crippen molar-refractivity contribution in [3.8, 4) is 0 Å². The summed E-state index contributed by atoms with van der Waals surface area (Å²) in [7, 11) is 0. The predicted octanol–water partition coefficient (Wildman–Crippen LogP) is 4.19. The lowest BCUT2D eigenvalue weighted by molar-refractivity contribution is -0.148. The summed E-state index contributed by atoms with van der Waals surface area (Å²) in [6.45, 7) is 5.57. The van der Waals surface area contributed by atoms with Crippen molar-refractivity contribution in [2.24, 2.45) is 0 Å². The second-order valence-corrected chi connectivity index (χ2v) is 5.47. The zero-order chi connectivity index (χ0) is 13.9. The van der Waals surface area contributed by atoms with Gasteiger partial charge in [-0.2, -0.15) is 0 Å². The van der Waals surface area contributed by atoms with Gasteiger partial charge in [-0.25, -0.2) is 4.79 Å². The molecule has 0 saturated heterocycles. The van der Waals surface area contributed by atoms with Gasteiger partial charge >= 0.3 is 5.97 Å². The average Bonchev–Trinajstić information content (AvgIpc) is 2.34. The van der Waals surface area contributed by atoms with Crippen LogP contribution in [0.4, 0.5) is 0 Å². The molecule has 0 fully saturated rings. The Kier molecular flexibility index (Phi) is 3.70. The van der Waals surface area contributed by atoms with Gasteiger partial charge in [0.05, 0.1) is 0 Å². The van der Waals surface area contributed by atoms with Crippen molar-refractivity contribution in [3.63, 3.8) is 0 Å². The first kappa shape index (κ1) is 13.3. The lowest BCUT2D eigenvalue weighted by atomic mass is 10.1. The number of benzene rings is 2. The van der Waals surface area contributed by atoms with Gasteiger partial charge in [-0.1, -0.05) is 36.4 Å². The topological polar surface area (TPSA) is 26.3 Å². The molecule has 0 N–H and O–H groups in total. The number of ether oxygens (including phenoxy) is 1. The quantitative estimate of drug-likeness (QED) is 0.593. The summed E-state index contributed by atoms with van der Waals surface area (Å²) >= 11 is 0. The Balaban J connectivity index is 2.15. The minimum absolute atomic E-state index is 0.319. The van der Waals surface area contributed by atoms with E-state index in [0.717, 1.165) is 10.9 Å². The maximum Gasteiger partial charge on any atom is 0.331 e. The van der Waals surface area contributed by atoms with Gasteiger partial charge in [0.15, 0.2) is 0 Å². The molecule has 0 saturated carbocycles. The lowest BCUT2D eigenvalue weighted by Gasteiger charge is -2.17. The SMILES string of the molecule is CC(C)(C)OC(=O)/C=C/c1ccc2ccccc2c1. The Bertz CT molecular complexity index is 618. The lowest BCUT2D eigenvalue weighted by Crippen LogP contribution is -2.22.